The maximum atomic E-state index is 12.8. The molecule has 2 fully saturated rings. The first-order valence-corrected chi connectivity index (χ1v) is 11.1. The van der Waals surface area contributed by atoms with Crippen LogP contribution in [-0.2, 0) is 20.9 Å². The molecule has 162 valence electrons. The van der Waals surface area contributed by atoms with Crippen LogP contribution in [-0.4, -0.2) is 61.1 Å². The van der Waals surface area contributed by atoms with Crippen LogP contribution >= 0.6 is 0 Å². The molecule has 6 heteroatoms. The van der Waals surface area contributed by atoms with Crippen LogP contribution < -0.4 is 4.74 Å². The third kappa shape index (κ3) is 4.10. The zero-order chi connectivity index (χ0) is 21.1. The molecule has 0 radical (unpaired) electrons. The molecule has 1 aliphatic carbocycles. The number of nitrogens with zero attached hydrogens (tertiary/aromatic N) is 2. The minimum atomic E-state index is -0.421. The van der Waals surface area contributed by atoms with Crippen molar-refractivity contribution < 1.29 is 19.1 Å². The maximum absolute atomic E-state index is 12.8. The Labute approximate surface area is 178 Å². The highest BCUT2D eigenvalue weighted by Gasteiger charge is 2.49. The van der Waals surface area contributed by atoms with E-state index in [1.807, 2.05) is 34.1 Å². The fraction of sp³-hybridized carbons (Fsp3) is 0.583. The lowest BCUT2D eigenvalue weighted by Gasteiger charge is -2.48. The fourth-order valence-electron chi connectivity index (χ4n) is 5.01. The smallest absolute Gasteiger partial charge is 0.255 e. The van der Waals surface area contributed by atoms with Gasteiger partial charge in [0.15, 0.2) is 6.10 Å². The Bertz CT molecular complexity index is 798. The molecule has 1 aromatic rings. The number of hydrogen-bond donors (Lipinski definition) is 0. The molecule has 2 heterocycles. The van der Waals surface area contributed by atoms with Crippen molar-refractivity contribution in [2.75, 3.05) is 27.3 Å². The zero-order valence-electron chi connectivity index (χ0n) is 18.0. The first-order valence-electron chi connectivity index (χ1n) is 11.1. The van der Waals surface area contributed by atoms with Crippen LogP contribution in [0.2, 0.25) is 0 Å². The van der Waals surface area contributed by atoms with Gasteiger partial charge in [-0.05, 0) is 42.5 Å². The second kappa shape index (κ2) is 9.21. The number of carbonyl (C=O) groups is 2. The number of methoxy groups -OCH3 is 2. The minimum Gasteiger partial charge on any atom is -0.497 e. The number of benzene rings is 1. The minimum absolute atomic E-state index is 0.0277. The Morgan fingerprint density at radius 1 is 1.10 bits per heavy atom. The van der Waals surface area contributed by atoms with Gasteiger partial charge in [0, 0.05) is 32.7 Å². The van der Waals surface area contributed by atoms with Gasteiger partial charge in [0.2, 0.25) is 5.91 Å². The van der Waals surface area contributed by atoms with Crippen molar-refractivity contribution in [3.05, 3.63) is 41.5 Å². The SMILES string of the molecule is COc1ccc(CN2C(=O)[C@H](OC)[C@@H]2C2=CCN(C(=O)C3CCCCC3)CC2)cc1. The monoisotopic (exact) mass is 412 g/mol. The molecule has 0 aromatic heterocycles. The molecular weight excluding hydrogens is 380 g/mol. The molecule has 2 atom stereocenters. The summed E-state index contributed by atoms with van der Waals surface area (Å²) in [5, 5.41) is 0. The average Bonchev–Trinajstić information content (AvgIpc) is 2.81. The molecule has 6 nitrogen and oxygen atoms in total. The molecule has 0 unspecified atom stereocenters. The molecule has 3 aliphatic rings. The Morgan fingerprint density at radius 3 is 2.43 bits per heavy atom. The van der Waals surface area contributed by atoms with Crippen LogP contribution in [0.3, 0.4) is 0 Å². The Morgan fingerprint density at radius 2 is 1.83 bits per heavy atom. The van der Waals surface area contributed by atoms with Gasteiger partial charge in [-0.2, -0.15) is 0 Å². The van der Waals surface area contributed by atoms with Gasteiger partial charge >= 0.3 is 0 Å². The summed E-state index contributed by atoms with van der Waals surface area (Å²) >= 11 is 0. The molecule has 30 heavy (non-hydrogen) atoms. The highest BCUT2D eigenvalue weighted by atomic mass is 16.5. The fourth-order valence-corrected chi connectivity index (χ4v) is 5.01. The molecule has 2 aliphatic heterocycles. The molecule has 2 amide bonds. The van der Waals surface area contributed by atoms with Crippen molar-refractivity contribution in [1.82, 2.24) is 9.80 Å². The third-order valence-corrected chi connectivity index (χ3v) is 6.81. The number of rotatable bonds is 6. The van der Waals surface area contributed by atoms with Gasteiger partial charge in [0.25, 0.3) is 5.91 Å². The second-order valence-corrected chi connectivity index (χ2v) is 8.56. The Hall–Kier alpha value is -2.34. The van der Waals surface area contributed by atoms with Crippen molar-refractivity contribution in [2.45, 2.75) is 57.2 Å². The van der Waals surface area contributed by atoms with Gasteiger partial charge in [-0.1, -0.05) is 37.5 Å². The summed E-state index contributed by atoms with van der Waals surface area (Å²) in [6.45, 7) is 1.93. The molecule has 0 bridgehead atoms. The predicted octanol–water partition coefficient (Wildman–Crippen LogP) is 3.16. The number of carbonyl (C=O) groups excluding carboxylic acids is 2. The molecular formula is C24H32N2O4. The predicted molar refractivity (Wildman–Crippen MR) is 114 cm³/mol. The number of ether oxygens (including phenoxy) is 2. The highest BCUT2D eigenvalue weighted by molar-refractivity contribution is 5.90. The number of β-lactam (4-membered cyclic amide) rings is 1. The van der Waals surface area contributed by atoms with E-state index in [2.05, 4.69) is 6.08 Å². The second-order valence-electron chi connectivity index (χ2n) is 8.56. The van der Waals surface area contributed by atoms with Crippen molar-refractivity contribution >= 4 is 11.8 Å². The lowest BCUT2D eigenvalue weighted by atomic mass is 9.85. The third-order valence-electron chi connectivity index (χ3n) is 6.81. The molecule has 1 aromatic carbocycles. The molecule has 0 spiro atoms. The van der Waals surface area contributed by atoms with E-state index in [-0.39, 0.29) is 17.9 Å². The van der Waals surface area contributed by atoms with Crippen molar-refractivity contribution in [3.8, 4) is 5.75 Å². The largest absolute Gasteiger partial charge is 0.497 e. The van der Waals surface area contributed by atoms with Crippen molar-refractivity contribution in [1.29, 1.82) is 0 Å². The molecule has 1 saturated carbocycles. The van der Waals surface area contributed by atoms with Gasteiger partial charge < -0.3 is 19.3 Å². The van der Waals surface area contributed by atoms with Crippen LogP contribution in [0.5, 0.6) is 5.75 Å². The van der Waals surface area contributed by atoms with E-state index in [4.69, 9.17) is 9.47 Å². The lowest BCUT2D eigenvalue weighted by Crippen LogP contribution is -2.66. The standard InChI is InChI=1S/C24H32N2O4/c1-29-20-10-8-17(9-11-20)16-26-21(22(30-2)24(26)28)18-12-14-25(15-13-18)23(27)19-6-4-3-5-7-19/h8-12,19,21-22H,3-7,13-16H2,1-2H3/t21-,22+/m0/s1. The summed E-state index contributed by atoms with van der Waals surface area (Å²) in [5.41, 5.74) is 2.27. The maximum Gasteiger partial charge on any atom is 0.255 e. The van der Waals surface area contributed by atoms with Crippen LogP contribution in [0.25, 0.3) is 0 Å². The van der Waals surface area contributed by atoms with E-state index in [0.29, 0.717) is 19.0 Å². The quantitative estimate of drug-likeness (QED) is 0.532. The van der Waals surface area contributed by atoms with E-state index in [1.54, 1.807) is 14.2 Å². The summed E-state index contributed by atoms with van der Waals surface area (Å²) < 4.78 is 10.7. The van der Waals surface area contributed by atoms with E-state index in [1.165, 1.54) is 24.8 Å². The van der Waals surface area contributed by atoms with E-state index >= 15 is 0 Å². The average molecular weight is 413 g/mol. The van der Waals surface area contributed by atoms with Gasteiger partial charge in [0.1, 0.15) is 5.75 Å². The van der Waals surface area contributed by atoms with Crippen molar-refractivity contribution in [2.24, 2.45) is 5.92 Å². The van der Waals surface area contributed by atoms with Gasteiger partial charge in [-0.15, -0.1) is 0 Å². The molecule has 4 rings (SSSR count). The van der Waals surface area contributed by atoms with E-state index in [9.17, 15) is 9.59 Å². The van der Waals surface area contributed by atoms with Crippen LogP contribution in [0.4, 0.5) is 0 Å². The normalized spacial score (nSPS) is 25.0. The first-order chi connectivity index (χ1) is 14.6. The van der Waals surface area contributed by atoms with Crippen LogP contribution in [0.1, 0.15) is 44.1 Å². The summed E-state index contributed by atoms with van der Waals surface area (Å²) in [6, 6.07) is 7.76. The Kier molecular flexibility index (Phi) is 6.42. The van der Waals surface area contributed by atoms with E-state index in [0.717, 1.165) is 37.1 Å². The summed E-state index contributed by atoms with van der Waals surface area (Å²) in [6.07, 6.45) is 8.19. The van der Waals surface area contributed by atoms with Crippen LogP contribution in [0.15, 0.2) is 35.9 Å². The zero-order valence-corrected chi connectivity index (χ0v) is 18.0. The van der Waals surface area contributed by atoms with Gasteiger partial charge in [-0.25, -0.2) is 0 Å². The van der Waals surface area contributed by atoms with E-state index < -0.39 is 6.10 Å². The lowest BCUT2D eigenvalue weighted by molar-refractivity contribution is -0.168. The van der Waals surface area contributed by atoms with Crippen molar-refractivity contribution in [3.63, 3.8) is 0 Å². The summed E-state index contributed by atoms with van der Waals surface area (Å²) in [5.74, 6) is 1.35. The number of likely N-dealkylation sites (tertiary alicyclic amines) is 1. The number of hydrogen-bond acceptors (Lipinski definition) is 4. The highest BCUT2D eigenvalue weighted by Crippen LogP contribution is 2.34. The van der Waals surface area contributed by atoms with Gasteiger partial charge in [0.05, 0.1) is 13.2 Å². The Balaban J connectivity index is 1.42. The first kappa shape index (κ1) is 20.9. The summed E-state index contributed by atoms with van der Waals surface area (Å²) in [7, 11) is 3.24. The van der Waals surface area contributed by atoms with Crippen LogP contribution in [0, 0.1) is 5.92 Å². The molecule has 1 saturated heterocycles. The molecule has 0 N–H and O–H groups in total. The topological polar surface area (TPSA) is 59.1 Å². The summed E-state index contributed by atoms with van der Waals surface area (Å²) in [4.78, 5) is 29.4. The number of amides is 2. The van der Waals surface area contributed by atoms with Gasteiger partial charge in [-0.3, -0.25) is 9.59 Å².